The molecule has 3 unspecified atom stereocenters. The van der Waals surface area contributed by atoms with Crippen molar-refractivity contribution in [1.82, 2.24) is 4.31 Å². The molecule has 0 bridgehead atoms. The van der Waals surface area contributed by atoms with Crippen molar-refractivity contribution >= 4 is 27.6 Å². The molecule has 2 fully saturated rings. The summed E-state index contributed by atoms with van der Waals surface area (Å²) in [5.41, 5.74) is 6.21. The lowest BCUT2D eigenvalue weighted by atomic mass is 9.98. The van der Waals surface area contributed by atoms with E-state index in [0.717, 1.165) is 12.8 Å². The van der Waals surface area contributed by atoms with E-state index in [1.54, 1.807) is 0 Å². The van der Waals surface area contributed by atoms with Crippen LogP contribution < -0.4 is 5.73 Å². The first kappa shape index (κ1) is 16.7. The molecule has 0 amide bonds. The molecule has 2 N–H and O–H groups in total. The van der Waals surface area contributed by atoms with Crippen molar-refractivity contribution in [3.8, 4) is 0 Å². The van der Waals surface area contributed by atoms with Crippen LogP contribution in [0.15, 0.2) is 23.1 Å². The van der Waals surface area contributed by atoms with E-state index in [-0.39, 0.29) is 27.4 Å². The van der Waals surface area contributed by atoms with E-state index in [9.17, 15) is 13.2 Å². The van der Waals surface area contributed by atoms with Crippen molar-refractivity contribution < 1.29 is 17.9 Å². The molecule has 0 aromatic heterocycles. The summed E-state index contributed by atoms with van der Waals surface area (Å²) in [6.45, 7) is 0.946. The number of fused-ring (bicyclic) bond motifs is 1. The molecule has 0 radical (unpaired) electrons. The zero-order chi connectivity index (χ0) is 16.8. The highest BCUT2D eigenvalue weighted by Crippen LogP contribution is 2.39. The Morgan fingerprint density at radius 2 is 2.09 bits per heavy atom. The molecular weight excluding hydrogens is 340 g/mol. The molecular formula is C15H19ClN2O4S. The maximum atomic E-state index is 12.8. The van der Waals surface area contributed by atoms with Gasteiger partial charge in [0, 0.05) is 19.1 Å². The molecule has 1 aliphatic heterocycles. The number of carbonyl (C=O) groups excluding carboxylic acids is 1. The van der Waals surface area contributed by atoms with Gasteiger partial charge in [0.25, 0.3) is 0 Å². The maximum absolute atomic E-state index is 12.8. The molecule has 0 spiro atoms. The normalized spacial score (nSPS) is 27.9. The van der Waals surface area contributed by atoms with Crippen LogP contribution in [-0.2, 0) is 14.8 Å². The number of esters is 1. The highest BCUT2D eigenvalue weighted by Gasteiger charge is 2.45. The van der Waals surface area contributed by atoms with Crippen molar-refractivity contribution in [2.75, 3.05) is 20.2 Å². The van der Waals surface area contributed by atoms with Crippen LogP contribution in [0.4, 0.5) is 0 Å². The minimum absolute atomic E-state index is 0.0639. The molecule has 1 saturated carbocycles. The van der Waals surface area contributed by atoms with Gasteiger partial charge in [0.05, 0.1) is 22.6 Å². The summed E-state index contributed by atoms with van der Waals surface area (Å²) in [6.07, 6.45) is 1.93. The van der Waals surface area contributed by atoms with Crippen LogP contribution in [0, 0.1) is 11.8 Å². The van der Waals surface area contributed by atoms with Crippen LogP contribution in [0.3, 0.4) is 0 Å². The molecule has 23 heavy (non-hydrogen) atoms. The van der Waals surface area contributed by atoms with Crippen LogP contribution in [0.1, 0.15) is 23.2 Å². The van der Waals surface area contributed by atoms with Gasteiger partial charge in [0.1, 0.15) is 0 Å². The number of ether oxygens (including phenoxy) is 1. The Hall–Kier alpha value is -1.15. The third kappa shape index (κ3) is 2.87. The Morgan fingerprint density at radius 3 is 2.70 bits per heavy atom. The number of hydrogen-bond acceptors (Lipinski definition) is 5. The minimum Gasteiger partial charge on any atom is -0.465 e. The first-order valence-electron chi connectivity index (χ1n) is 7.48. The molecule has 3 rings (SSSR count). The Labute approximate surface area is 140 Å². The summed E-state index contributed by atoms with van der Waals surface area (Å²) in [5, 5.41) is 0.0639. The van der Waals surface area contributed by atoms with E-state index in [4.69, 9.17) is 17.3 Å². The molecule has 8 heteroatoms. The number of nitrogens with zero attached hydrogens (tertiary/aromatic N) is 1. The fourth-order valence-electron chi connectivity index (χ4n) is 3.54. The fraction of sp³-hybridized carbons (Fsp3) is 0.533. The molecule has 1 saturated heterocycles. The number of halogens is 1. The number of hydrogen-bond donors (Lipinski definition) is 1. The fourth-order valence-corrected chi connectivity index (χ4v) is 5.43. The average molecular weight is 359 g/mol. The topological polar surface area (TPSA) is 89.7 Å². The number of methoxy groups -OCH3 is 1. The number of sulfonamides is 1. The summed E-state index contributed by atoms with van der Waals surface area (Å²) in [6, 6.07) is 4.15. The average Bonchev–Trinajstić information content (AvgIpc) is 3.09. The lowest BCUT2D eigenvalue weighted by Gasteiger charge is -2.19. The van der Waals surface area contributed by atoms with Crippen LogP contribution in [-0.4, -0.2) is 44.9 Å². The highest BCUT2D eigenvalue weighted by molar-refractivity contribution is 7.89. The monoisotopic (exact) mass is 358 g/mol. The predicted molar refractivity (Wildman–Crippen MR) is 85.7 cm³/mol. The number of nitrogens with two attached hydrogens (primary N) is 1. The smallest absolute Gasteiger partial charge is 0.339 e. The van der Waals surface area contributed by atoms with Gasteiger partial charge in [-0.25, -0.2) is 13.2 Å². The second-order valence-corrected chi connectivity index (χ2v) is 8.47. The van der Waals surface area contributed by atoms with Gasteiger partial charge in [0.2, 0.25) is 10.0 Å². The molecule has 6 nitrogen and oxygen atoms in total. The van der Waals surface area contributed by atoms with E-state index in [2.05, 4.69) is 4.74 Å². The Morgan fingerprint density at radius 1 is 1.35 bits per heavy atom. The highest BCUT2D eigenvalue weighted by atomic mass is 35.5. The third-order valence-corrected chi connectivity index (χ3v) is 7.00. The standard InChI is InChI=1S/C15H19ClN2O4S/c1-22-15(19)11-4-3-10(6-13(11)16)23(20,21)18-7-9-2-5-14(17)12(9)8-18/h3-4,6,9,12,14H,2,5,7-8,17H2,1H3. The van der Waals surface area contributed by atoms with E-state index in [1.165, 1.54) is 29.6 Å². The zero-order valence-electron chi connectivity index (χ0n) is 12.7. The van der Waals surface area contributed by atoms with E-state index >= 15 is 0 Å². The predicted octanol–water partition coefficient (Wildman–Crippen LogP) is 1.48. The van der Waals surface area contributed by atoms with Gasteiger partial charge in [-0.15, -0.1) is 0 Å². The maximum Gasteiger partial charge on any atom is 0.339 e. The molecule has 1 aromatic carbocycles. The number of benzene rings is 1. The minimum atomic E-state index is -3.63. The van der Waals surface area contributed by atoms with Crippen molar-refractivity contribution in [1.29, 1.82) is 0 Å². The van der Waals surface area contributed by atoms with Crippen molar-refractivity contribution in [2.24, 2.45) is 17.6 Å². The second kappa shape index (κ2) is 6.05. The number of rotatable bonds is 3. The summed E-state index contributed by atoms with van der Waals surface area (Å²) >= 11 is 6.03. The third-order valence-electron chi connectivity index (χ3n) is 4.86. The van der Waals surface area contributed by atoms with Crippen molar-refractivity contribution in [3.63, 3.8) is 0 Å². The first-order chi connectivity index (χ1) is 10.8. The summed E-state index contributed by atoms with van der Waals surface area (Å²) < 4.78 is 31.7. The Bertz CT molecular complexity index is 737. The van der Waals surface area contributed by atoms with Crippen molar-refractivity contribution in [2.45, 2.75) is 23.8 Å². The number of carbonyl (C=O) groups is 1. The molecule has 1 heterocycles. The van der Waals surface area contributed by atoms with Gasteiger partial charge in [-0.2, -0.15) is 4.31 Å². The second-order valence-electron chi connectivity index (χ2n) is 6.12. The molecule has 3 atom stereocenters. The molecule has 1 aromatic rings. The summed E-state index contributed by atoms with van der Waals surface area (Å²) in [4.78, 5) is 11.6. The SMILES string of the molecule is COC(=O)c1ccc(S(=O)(=O)N2CC3CCC(N)C3C2)cc1Cl. The first-order valence-corrected chi connectivity index (χ1v) is 9.30. The van der Waals surface area contributed by atoms with E-state index in [0.29, 0.717) is 19.0 Å². The summed E-state index contributed by atoms with van der Waals surface area (Å²) in [7, 11) is -2.39. The lowest BCUT2D eigenvalue weighted by Crippen LogP contribution is -2.33. The van der Waals surface area contributed by atoms with Crippen LogP contribution >= 0.6 is 11.6 Å². The van der Waals surface area contributed by atoms with E-state index in [1.807, 2.05) is 0 Å². The Kier molecular flexibility index (Phi) is 4.39. The van der Waals surface area contributed by atoms with Crippen LogP contribution in [0.25, 0.3) is 0 Å². The largest absolute Gasteiger partial charge is 0.465 e. The molecule has 2 aliphatic rings. The van der Waals surface area contributed by atoms with Gasteiger partial charge in [0.15, 0.2) is 0 Å². The molecule has 126 valence electrons. The Balaban J connectivity index is 1.86. The van der Waals surface area contributed by atoms with Crippen molar-refractivity contribution in [3.05, 3.63) is 28.8 Å². The van der Waals surface area contributed by atoms with Crippen LogP contribution in [0.5, 0.6) is 0 Å². The van der Waals surface area contributed by atoms with Gasteiger partial charge in [-0.05, 0) is 42.9 Å². The van der Waals surface area contributed by atoms with Crippen LogP contribution in [0.2, 0.25) is 5.02 Å². The lowest BCUT2D eigenvalue weighted by molar-refractivity contribution is 0.0601. The van der Waals surface area contributed by atoms with E-state index < -0.39 is 16.0 Å². The van der Waals surface area contributed by atoms with Gasteiger partial charge in [-0.3, -0.25) is 0 Å². The van der Waals surface area contributed by atoms with Gasteiger partial charge in [-0.1, -0.05) is 11.6 Å². The quantitative estimate of drug-likeness (QED) is 0.827. The van der Waals surface area contributed by atoms with Gasteiger partial charge < -0.3 is 10.5 Å². The van der Waals surface area contributed by atoms with Gasteiger partial charge >= 0.3 is 5.97 Å². The molecule has 1 aliphatic carbocycles. The zero-order valence-corrected chi connectivity index (χ0v) is 14.3. The summed E-state index contributed by atoms with van der Waals surface area (Å²) in [5.74, 6) is -0.0280.